The lowest BCUT2D eigenvalue weighted by Gasteiger charge is -2.03. The van der Waals surface area contributed by atoms with Crippen LogP contribution in [0.2, 0.25) is 0 Å². The number of esters is 1. The standard InChI is InChI=1S/C19H17N3O4S2/c1-4-26-17(23)10-5-6-12-14(7-10)27-18(20-12)22-19-21-16-13(25-3)8-11(24-2)9-15(16)28-19/h5-9H,4H2,1-3H3,(H,20,21,22). The fourth-order valence-electron chi connectivity index (χ4n) is 2.71. The Morgan fingerprint density at radius 1 is 1.04 bits per heavy atom. The minimum absolute atomic E-state index is 0.334. The number of thiazole rings is 2. The number of fused-ring (bicyclic) bond motifs is 2. The number of benzene rings is 2. The van der Waals surface area contributed by atoms with Crippen LogP contribution in [0.5, 0.6) is 11.5 Å². The van der Waals surface area contributed by atoms with Gasteiger partial charge in [-0.3, -0.25) is 0 Å². The van der Waals surface area contributed by atoms with Crippen LogP contribution < -0.4 is 14.8 Å². The van der Waals surface area contributed by atoms with Gasteiger partial charge in [-0.25, -0.2) is 14.8 Å². The molecule has 9 heteroatoms. The molecule has 0 fully saturated rings. The van der Waals surface area contributed by atoms with Crippen LogP contribution in [-0.4, -0.2) is 36.8 Å². The Kier molecular flexibility index (Phi) is 5.01. The summed E-state index contributed by atoms with van der Waals surface area (Å²) in [6.07, 6.45) is 0. The zero-order valence-corrected chi connectivity index (χ0v) is 17.1. The van der Waals surface area contributed by atoms with E-state index in [1.165, 1.54) is 22.7 Å². The molecule has 1 N–H and O–H groups in total. The van der Waals surface area contributed by atoms with Crippen molar-refractivity contribution in [2.75, 3.05) is 26.1 Å². The summed E-state index contributed by atoms with van der Waals surface area (Å²) in [5, 5.41) is 4.64. The monoisotopic (exact) mass is 415 g/mol. The Hall–Kier alpha value is -2.91. The van der Waals surface area contributed by atoms with Crippen LogP contribution in [0.3, 0.4) is 0 Å². The molecular weight excluding hydrogens is 398 g/mol. The van der Waals surface area contributed by atoms with Crippen molar-refractivity contribution < 1.29 is 19.0 Å². The van der Waals surface area contributed by atoms with E-state index in [4.69, 9.17) is 14.2 Å². The summed E-state index contributed by atoms with van der Waals surface area (Å²) >= 11 is 2.94. The van der Waals surface area contributed by atoms with Crippen LogP contribution in [0, 0.1) is 0 Å². The van der Waals surface area contributed by atoms with Crippen molar-refractivity contribution in [1.82, 2.24) is 9.97 Å². The summed E-state index contributed by atoms with van der Waals surface area (Å²) in [6.45, 7) is 2.13. The predicted octanol–water partition coefficient (Wildman–Crippen LogP) is 4.84. The van der Waals surface area contributed by atoms with E-state index in [1.54, 1.807) is 39.3 Å². The smallest absolute Gasteiger partial charge is 0.338 e. The minimum Gasteiger partial charge on any atom is -0.497 e. The van der Waals surface area contributed by atoms with Gasteiger partial charge >= 0.3 is 5.97 Å². The number of aromatic nitrogens is 2. The van der Waals surface area contributed by atoms with Gasteiger partial charge in [-0.05, 0) is 31.2 Å². The molecule has 0 radical (unpaired) electrons. The maximum atomic E-state index is 11.9. The van der Waals surface area contributed by atoms with Gasteiger partial charge in [-0.1, -0.05) is 22.7 Å². The van der Waals surface area contributed by atoms with Crippen LogP contribution in [0.25, 0.3) is 20.4 Å². The number of carbonyl (C=O) groups excluding carboxylic acids is 1. The Balaban J connectivity index is 1.65. The van der Waals surface area contributed by atoms with E-state index >= 15 is 0 Å². The zero-order chi connectivity index (χ0) is 19.7. The number of nitrogens with one attached hydrogen (secondary N) is 1. The highest BCUT2D eigenvalue weighted by Crippen LogP contribution is 2.38. The average molecular weight is 415 g/mol. The Morgan fingerprint density at radius 2 is 1.82 bits per heavy atom. The molecule has 0 saturated heterocycles. The van der Waals surface area contributed by atoms with Gasteiger partial charge < -0.3 is 19.5 Å². The number of nitrogens with zero attached hydrogens (tertiary/aromatic N) is 2. The molecule has 0 saturated carbocycles. The SMILES string of the molecule is CCOC(=O)c1ccc2nc(Nc3nc4c(OC)cc(OC)cc4s3)sc2c1. The Labute approximate surface area is 168 Å². The molecule has 0 atom stereocenters. The molecule has 0 spiro atoms. The van der Waals surface area contributed by atoms with Crippen LogP contribution in [0.1, 0.15) is 17.3 Å². The highest BCUT2D eigenvalue weighted by molar-refractivity contribution is 7.24. The summed E-state index contributed by atoms with van der Waals surface area (Å²) < 4.78 is 17.6. The molecule has 0 unspecified atom stereocenters. The van der Waals surface area contributed by atoms with Crippen molar-refractivity contribution in [1.29, 1.82) is 0 Å². The van der Waals surface area contributed by atoms with Gasteiger partial charge in [-0.15, -0.1) is 0 Å². The third-order valence-electron chi connectivity index (χ3n) is 4.00. The first-order valence-corrected chi connectivity index (χ1v) is 10.1. The molecule has 0 amide bonds. The molecule has 0 aliphatic heterocycles. The van der Waals surface area contributed by atoms with Crippen molar-refractivity contribution in [3.8, 4) is 11.5 Å². The van der Waals surface area contributed by atoms with E-state index in [0.29, 0.717) is 33.9 Å². The highest BCUT2D eigenvalue weighted by atomic mass is 32.1. The van der Waals surface area contributed by atoms with Crippen LogP contribution in [-0.2, 0) is 4.74 Å². The number of hydrogen-bond acceptors (Lipinski definition) is 9. The minimum atomic E-state index is -0.334. The third-order valence-corrected chi connectivity index (χ3v) is 5.85. The normalized spacial score (nSPS) is 11.0. The largest absolute Gasteiger partial charge is 0.497 e. The number of rotatable bonds is 6. The molecule has 7 nitrogen and oxygen atoms in total. The lowest BCUT2D eigenvalue weighted by atomic mass is 10.2. The van der Waals surface area contributed by atoms with Crippen LogP contribution in [0.4, 0.5) is 10.3 Å². The number of carbonyl (C=O) groups is 1. The van der Waals surface area contributed by atoms with Gasteiger partial charge in [0.05, 0.1) is 41.3 Å². The fraction of sp³-hybridized carbons (Fsp3) is 0.211. The molecule has 2 heterocycles. The van der Waals surface area contributed by atoms with Crippen molar-refractivity contribution in [3.63, 3.8) is 0 Å². The fourth-order valence-corrected chi connectivity index (χ4v) is 4.59. The molecule has 0 bridgehead atoms. The molecule has 4 aromatic rings. The summed E-state index contributed by atoms with van der Waals surface area (Å²) in [4.78, 5) is 21.1. The second-order valence-electron chi connectivity index (χ2n) is 5.74. The summed E-state index contributed by atoms with van der Waals surface area (Å²) in [6, 6.07) is 9.06. The first kappa shape index (κ1) is 18.5. The number of anilines is 2. The predicted molar refractivity (Wildman–Crippen MR) is 112 cm³/mol. The summed E-state index contributed by atoms with van der Waals surface area (Å²) in [5.74, 6) is 1.03. The Morgan fingerprint density at radius 3 is 2.57 bits per heavy atom. The second-order valence-corrected chi connectivity index (χ2v) is 7.80. The lowest BCUT2D eigenvalue weighted by Crippen LogP contribution is -2.03. The van der Waals surface area contributed by atoms with Gasteiger partial charge in [0.25, 0.3) is 0 Å². The molecule has 28 heavy (non-hydrogen) atoms. The summed E-state index contributed by atoms with van der Waals surface area (Å²) in [7, 11) is 3.22. The maximum absolute atomic E-state index is 11.9. The van der Waals surface area contributed by atoms with E-state index in [1.807, 2.05) is 12.1 Å². The first-order chi connectivity index (χ1) is 13.6. The zero-order valence-electron chi connectivity index (χ0n) is 15.4. The highest BCUT2D eigenvalue weighted by Gasteiger charge is 2.14. The average Bonchev–Trinajstić information content (AvgIpc) is 3.29. The molecule has 0 aliphatic carbocycles. The van der Waals surface area contributed by atoms with Gasteiger partial charge in [0.2, 0.25) is 0 Å². The lowest BCUT2D eigenvalue weighted by molar-refractivity contribution is 0.0526. The van der Waals surface area contributed by atoms with Gasteiger partial charge in [0.15, 0.2) is 10.3 Å². The second kappa shape index (κ2) is 7.61. The Bertz CT molecular complexity index is 1170. The molecule has 144 valence electrons. The van der Waals surface area contributed by atoms with E-state index in [9.17, 15) is 4.79 Å². The van der Waals surface area contributed by atoms with Crippen molar-refractivity contribution in [2.24, 2.45) is 0 Å². The van der Waals surface area contributed by atoms with Gasteiger partial charge in [0, 0.05) is 6.07 Å². The third kappa shape index (κ3) is 3.46. The van der Waals surface area contributed by atoms with Gasteiger partial charge in [-0.2, -0.15) is 0 Å². The number of methoxy groups -OCH3 is 2. The molecule has 2 aromatic carbocycles. The first-order valence-electron chi connectivity index (χ1n) is 8.48. The topological polar surface area (TPSA) is 82.6 Å². The van der Waals surface area contributed by atoms with Crippen LogP contribution >= 0.6 is 22.7 Å². The van der Waals surface area contributed by atoms with E-state index in [-0.39, 0.29) is 5.97 Å². The molecule has 2 aromatic heterocycles. The summed E-state index contributed by atoms with van der Waals surface area (Å²) in [5.41, 5.74) is 2.09. The number of hydrogen-bond donors (Lipinski definition) is 1. The number of ether oxygens (including phenoxy) is 3. The van der Waals surface area contributed by atoms with Gasteiger partial charge in [0.1, 0.15) is 17.0 Å². The maximum Gasteiger partial charge on any atom is 0.338 e. The van der Waals surface area contributed by atoms with Crippen molar-refractivity contribution >= 4 is 59.3 Å². The van der Waals surface area contributed by atoms with E-state index in [2.05, 4.69) is 15.3 Å². The van der Waals surface area contributed by atoms with Crippen molar-refractivity contribution in [2.45, 2.75) is 6.92 Å². The quantitative estimate of drug-likeness (QED) is 0.451. The molecule has 0 aliphatic rings. The van der Waals surface area contributed by atoms with E-state index in [0.717, 1.165) is 20.4 Å². The molecular formula is C19H17N3O4S2. The molecule has 4 rings (SSSR count). The van der Waals surface area contributed by atoms with Crippen molar-refractivity contribution in [3.05, 3.63) is 35.9 Å². The van der Waals surface area contributed by atoms with Crippen LogP contribution in [0.15, 0.2) is 30.3 Å². The van der Waals surface area contributed by atoms with E-state index < -0.39 is 0 Å².